The van der Waals surface area contributed by atoms with Gasteiger partial charge in [0.1, 0.15) is 11.8 Å². The maximum Gasteiger partial charge on any atom is 0.163 e. The fourth-order valence-corrected chi connectivity index (χ4v) is 2.40. The molecule has 0 spiro atoms. The third-order valence-electron chi connectivity index (χ3n) is 3.01. The molecule has 0 aliphatic heterocycles. The molecule has 0 aliphatic rings. The lowest BCUT2D eigenvalue weighted by atomic mass is 10.0. The van der Waals surface area contributed by atoms with Crippen LogP contribution in [0, 0.1) is 11.3 Å². The maximum atomic E-state index is 9.05. The molecule has 1 heterocycles. The van der Waals surface area contributed by atoms with Crippen LogP contribution < -0.4 is 0 Å². The van der Waals surface area contributed by atoms with Gasteiger partial charge in [-0.1, -0.05) is 40.5 Å². The summed E-state index contributed by atoms with van der Waals surface area (Å²) >= 11 is 12.1. The first kappa shape index (κ1) is 13.6. The van der Waals surface area contributed by atoms with E-state index in [0.29, 0.717) is 21.4 Å². The van der Waals surface area contributed by atoms with Gasteiger partial charge in [0, 0.05) is 15.6 Å². The topological polar surface area (TPSA) is 65.4 Å². The highest BCUT2D eigenvalue weighted by atomic mass is 35.5. The summed E-state index contributed by atoms with van der Waals surface area (Å²) in [5.41, 5.74) is 3.42. The first-order chi connectivity index (χ1) is 10.2. The summed E-state index contributed by atoms with van der Waals surface area (Å²) < 4.78 is 0. The summed E-state index contributed by atoms with van der Waals surface area (Å²) in [6.45, 7) is 0. The summed E-state index contributed by atoms with van der Waals surface area (Å²) in [5, 5.41) is 20.4. The van der Waals surface area contributed by atoms with Crippen molar-refractivity contribution in [3.63, 3.8) is 0 Å². The molecule has 3 rings (SSSR count). The Morgan fingerprint density at radius 2 is 1.62 bits per heavy atom. The number of halogens is 2. The van der Waals surface area contributed by atoms with Gasteiger partial charge in [-0.05, 0) is 41.5 Å². The third kappa shape index (κ3) is 2.75. The van der Waals surface area contributed by atoms with E-state index in [0.717, 1.165) is 16.7 Å². The summed E-state index contributed by atoms with van der Waals surface area (Å²) in [4.78, 5) is 0. The van der Waals surface area contributed by atoms with Gasteiger partial charge >= 0.3 is 0 Å². The average molecular weight is 315 g/mol. The summed E-state index contributed by atoms with van der Waals surface area (Å²) in [5.74, 6) is 0. The van der Waals surface area contributed by atoms with E-state index in [1.54, 1.807) is 6.07 Å². The molecule has 0 atom stereocenters. The lowest BCUT2D eigenvalue weighted by Gasteiger charge is -2.06. The van der Waals surface area contributed by atoms with E-state index < -0.39 is 0 Å². The van der Waals surface area contributed by atoms with Gasteiger partial charge in [-0.25, -0.2) is 5.10 Å². The van der Waals surface area contributed by atoms with Crippen molar-refractivity contribution in [1.82, 2.24) is 15.4 Å². The van der Waals surface area contributed by atoms with Crippen molar-refractivity contribution in [2.45, 2.75) is 0 Å². The first-order valence-electron chi connectivity index (χ1n) is 6.05. The molecular weight excluding hydrogens is 307 g/mol. The largest absolute Gasteiger partial charge is 0.247 e. The van der Waals surface area contributed by atoms with Crippen LogP contribution in [0.4, 0.5) is 0 Å². The van der Waals surface area contributed by atoms with Gasteiger partial charge in [0.2, 0.25) is 0 Å². The van der Waals surface area contributed by atoms with Crippen LogP contribution in [-0.2, 0) is 0 Å². The standard InChI is InChI=1S/C15H8Cl2N4/c16-12-3-1-9(2-4-12)10-5-11(7-13(17)6-10)15-14(8-18)19-21-20-15/h1-7H,(H,19,20,21). The number of aromatic nitrogens is 3. The predicted molar refractivity (Wildman–Crippen MR) is 82.0 cm³/mol. The molecule has 0 unspecified atom stereocenters. The Hall–Kier alpha value is -2.35. The predicted octanol–water partition coefficient (Wildman–Crippen LogP) is 4.32. The molecule has 102 valence electrons. The highest BCUT2D eigenvalue weighted by Crippen LogP contribution is 2.30. The minimum atomic E-state index is 0.305. The van der Waals surface area contributed by atoms with Gasteiger partial charge in [-0.3, -0.25) is 0 Å². The number of H-pyrrole nitrogens is 1. The fourth-order valence-electron chi connectivity index (χ4n) is 2.04. The number of benzene rings is 2. The van der Waals surface area contributed by atoms with Crippen LogP contribution >= 0.6 is 23.2 Å². The molecule has 0 radical (unpaired) electrons. The van der Waals surface area contributed by atoms with E-state index in [9.17, 15) is 0 Å². The van der Waals surface area contributed by atoms with Crippen molar-refractivity contribution in [3.05, 3.63) is 58.2 Å². The van der Waals surface area contributed by atoms with E-state index in [1.807, 2.05) is 42.5 Å². The molecule has 0 bridgehead atoms. The quantitative estimate of drug-likeness (QED) is 0.766. The van der Waals surface area contributed by atoms with Crippen molar-refractivity contribution in [1.29, 1.82) is 5.26 Å². The third-order valence-corrected chi connectivity index (χ3v) is 3.48. The minimum Gasteiger partial charge on any atom is -0.247 e. The zero-order valence-corrected chi connectivity index (χ0v) is 12.2. The maximum absolute atomic E-state index is 9.05. The van der Waals surface area contributed by atoms with E-state index in [1.165, 1.54) is 0 Å². The van der Waals surface area contributed by atoms with E-state index in [4.69, 9.17) is 28.5 Å². The van der Waals surface area contributed by atoms with E-state index >= 15 is 0 Å². The molecule has 0 aliphatic carbocycles. The lowest BCUT2D eigenvalue weighted by Crippen LogP contribution is -1.85. The second kappa shape index (κ2) is 5.57. The number of nitrogens with zero attached hydrogens (tertiary/aromatic N) is 3. The molecule has 0 saturated carbocycles. The van der Waals surface area contributed by atoms with Crippen LogP contribution in [0.25, 0.3) is 22.4 Å². The number of hydrogen-bond donors (Lipinski definition) is 1. The molecule has 0 saturated heterocycles. The highest BCUT2D eigenvalue weighted by molar-refractivity contribution is 6.31. The second-order valence-corrected chi connectivity index (χ2v) is 5.26. The van der Waals surface area contributed by atoms with Crippen molar-refractivity contribution < 1.29 is 0 Å². The molecule has 4 nitrogen and oxygen atoms in total. The zero-order valence-electron chi connectivity index (χ0n) is 10.6. The monoisotopic (exact) mass is 314 g/mol. The van der Waals surface area contributed by atoms with Crippen molar-refractivity contribution in [3.8, 4) is 28.5 Å². The van der Waals surface area contributed by atoms with Crippen LogP contribution in [-0.4, -0.2) is 15.4 Å². The Kier molecular flexibility index (Phi) is 3.61. The van der Waals surface area contributed by atoms with Crippen molar-refractivity contribution >= 4 is 23.2 Å². The summed E-state index contributed by atoms with van der Waals surface area (Å²) in [6, 6.07) is 15.0. The molecule has 3 aromatic rings. The van der Waals surface area contributed by atoms with Gasteiger partial charge < -0.3 is 0 Å². The minimum absolute atomic E-state index is 0.305. The van der Waals surface area contributed by atoms with Crippen LogP contribution in [0.15, 0.2) is 42.5 Å². The van der Waals surface area contributed by atoms with Gasteiger partial charge in [0.15, 0.2) is 5.69 Å². The molecule has 1 aromatic heterocycles. The van der Waals surface area contributed by atoms with Crippen molar-refractivity contribution in [2.24, 2.45) is 0 Å². The number of nitrogens with one attached hydrogen (secondary N) is 1. The fraction of sp³-hybridized carbons (Fsp3) is 0. The van der Waals surface area contributed by atoms with Crippen LogP contribution in [0.1, 0.15) is 5.69 Å². The molecular formula is C15H8Cl2N4. The zero-order chi connectivity index (χ0) is 14.8. The van der Waals surface area contributed by atoms with E-state index in [-0.39, 0.29) is 0 Å². The molecule has 0 amide bonds. The highest BCUT2D eigenvalue weighted by Gasteiger charge is 2.11. The van der Waals surface area contributed by atoms with Crippen LogP contribution in [0.2, 0.25) is 10.0 Å². The van der Waals surface area contributed by atoms with Crippen LogP contribution in [0.3, 0.4) is 0 Å². The van der Waals surface area contributed by atoms with Gasteiger partial charge in [0.05, 0.1) is 0 Å². The number of aromatic amines is 1. The normalized spacial score (nSPS) is 10.3. The van der Waals surface area contributed by atoms with E-state index in [2.05, 4.69) is 15.4 Å². The second-order valence-electron chi connectivity index (χ2n) is 4.38. The number of hydrogen-bond acceptors (Lipinski definition) is 3. The Morgan fingerprint density at radius 3 is 2.33 bits per heavy atom. The smallest absolute Gasteiger partial charge is 0.163 e. The number of nitriles is 1. The van der Waals surface area contributed by atoms with Crippen molar-refractivity contribution in [2.75, 3.05) is 0 Å². The Balaban J connectivity index is 2.13. The molecule has 21 heavy (non-hydrogen) atoms. The lowest BCUT2D eigenvalue weighted by molar-refractivity contribution is 0.937. The summed E-state index contributed by atoms with van der Waals surface area (Å²) in [7, 11) is 0. The number of rotatable bonds is 2. The van der Waals surface area contributed by atoms with Crippen LogP contribution in [0.5, 0.6) is 0 Å². The molecule has 6 heteroatoms. The SMILES string of the molecule is N#Cc1[nH]nnc1-c1cc(Cl)cc(-c2ccc(Cl)cc2)c1. The van der Waals surface area contributed by atoms with Gasteiger partial charge in [0.25, 0.3) is 0 Å². The van der Waals surface area contributed by atoms with Gasteiger partial charge in [-0.15, -0.1) is 5.10 Å². The Morgan fingerprint density at radius 1 is 0.905 bits per heavy atom. The first-order valence-corrected chi connectivity index (χ1v) is 6.81. The van der Waals surface area contributed by atoms with Gasteiger partial charge in [-0.2, -0.15) is 5.26 Å². The average Bonchev–Trinajstić information content (AvgIpc) is 2.96. The summed E-state index contributed by atoms with van der Waals surface area (Å²) in [6.07, 6.45) is 0. The Labute approximate surface area is 130 Å². The molecule has 0 fully saturated rings. The Bertz CT molecular complexity index is 832. The molecule has 1 N–H and O–H groups in total. The molecule has 2 aromatic carbocycles.